The number of carbonyl (C=O) groups is 3. The Bertz CT molecular complexity index is 876. The van der Waals surface area contributed by atoms with Crippen molar-refractivity contribution in [1.29, 1.82) is 0 Å². The first-order valence-corrected chi connectivity index (χ1v) is 11.6. The van der Waals surface area contributed by atoms with Gasteiger partial charge in [-0.15, -0.1) is 0 Å². The molecule has 0 aromatic heterocycles. The quantitative estimate of drug-likeness (QED) is 0.540. The first-order chi connectivity index (χ1) is 15.6. The van der Waals surface area contributed by atoms with Gasteiger partial charge in [-0.2, -0.15) is 0 Å². The molecule has 2 rings (SSSR count). The number of nitrogens with zero attached hydrogens (tertiary/aromatic N) is 3. The van der Waals surface area contributed by atoms with Gasteiger partial charge < -0.3 is 24.9 Å². The summed E-state index contributed by atoms with van der Waals surface area (Å²) in [5, 5.41) is 19.3. The van der Waals surface area contributed by atoms with Crippen molar-refractivity contribution in [2.75, 3.05) is 39.8 Å². The topological polar surface area (TPSA) is 101 Å². The molecule has 0 spiro atoms. The number of hydrogen-bond acceptors (Lipinski definition) is 5. The lowest BCUT2D eigenvalue weighted by Gasteiger charge is -2.19. The van der Waals surface area contributed by atoms with Gasteiger partial charge in [0.2, 0.25) is 5.91 Å². The predicted octanol–water partition coefficient (Wildman–Crippen LogP) is 3.25. The van der Waals surface area contributed by atoms with Crippen LogP contribution < -0.4 is 0 Å². The fourth-order valence-electron chi connectivity index (χ4n) is 3.19. The van der Waals surface area contributed by atoms with Crippen LogP contribution in [0.15, 0.2) is 29.5 Å². The summed E-state index contributed by atoms with van der Waals surface area (Å²) in [6, 6.07) is 5.13. The van der Waals surface area contributed by atoms with Crippen LogP contribution in [-0.4, -0.2) is 82.5 Å². The number of aliphatic hydroxyl groups excluding tert-OH is 2. The van der Waals surface area contributed by atoms with Gasteiger partial charge in [0.15, 0.2) is 5.76 Å². The van der Waals surface area contributed by atoms with Crippen LogP contribution in [0, 0.1) is 0 Å². The molecule has 0 saturated carbocycles. The Morgan fingerprint density at radius 2 is 1.85 bits per heavy atom. The van der Waals surface area contributed by atoms with E-state index in [1.807, 2.05) is 13.8 Å². The molecule has 184 valence electrons. The number of amides is 3. The number of hydrogen-bond donors (Lipinski definition) is 2. The van der Waals surface area contributed by atoms with E-state index in [2.05, 4.69) is 0 Å². The van der Waals surface area contributed by atoms with Crippen LogP contribution in [0.25, 0.3) is 0 Å². The minimum atomic E-state index is -0.477. The molecule has 33 heavy (non-hydrogen) atoms. The zero-order valence-corrected chi connectivity index (χ0v) is 21.1. The van der Waals surface area contributed by atoms with Gasteiger partial charge in [0.05, 0.1) is 28.8 Å². The maximum absolute atomic E-state index is 12.5. The van der Waals surface area contributed by atoms with Crippen molar-refractivity contribution in [3.05, 3.63) is 45.1 Å². The van der Waals surface area contributed by atoms with E-state index >= 15 is 0 Å². The third-order valence-corrected chi connectivity index (χ3v) is 5.85. The van der Waals surface area contributed by atoms with E-state index in [9.17, 15) is 19.5 Å². The molecule has 1 aliphatic heterocycles. The number of likely N-dealkylation sites (N-methyl/N-ethyl adjacent to an activating group) is 2. The lowest BCUT2D eigenvalue weighted by molar-refractivity contribution is -0.129. The average Bonchev–Trinajstić information content (AvgIpc) is 3.06. The molecule has 0 saturated heterocycles. The summed E-state index contributed by atoms with van der Waals surface area (Å²) in [6.45, 7) is 7.56. The van der Waals surface area contributed by atoms with Crippen molar-refractivity contribution in [2.45, 2.75) is 40.2 Å². The first kappa shape index (κ1) is 28.7. The molecule has 0 aliphatic carbocycles. The highest BCUT2D eigenvalue weighted by Crippen LogP contribution is 2.24. The minimum absolute atomic E-state index is 0.0200. The van der Waals surface area contributed by atoms with Crippen molar-refractivity contribution in [2.24, 2.45) is 0 Å². The van der Waals surface area contributed by atoms with E-state index < -0.39 is 11.7 Å². The molecule has 3 amide bonds. The van der Waals surface area contributed by atoms with Crippen LogP contribution in [0.2, 0.25) is 10.0 Å². The Balaban J connectivity index is 0.000000513. The number of benzene rings is 1. The molecule has 1 aliphatic rings. The molecule has 0 atom stereocenters. The van der Waals surface area contributed by atoms with Crippen LogP contribution in [0.4, 0.5) is 0 Å². The summed E-state index contributed by atoms with van der Waals surface area (Å²) in [4.78, 5) is 39.7. The first-order valence-electron chi connectivity index (χ1n) is 10.8. The van der Waals surface area contributed by atoms with Crippen LogP contribution >= 0.6 is 23.2 Å². The zero-order valence-electron chi connectivity index (χ0n) is 19.6. The monoisotopic (exact) mass is 501 g/mol. The molecule has 0 radical (unpaired) electrons. The van der Waals surface area contributed by atoms with E-state index in [0.29, 0.717) is 36.2 Å². The van der Waals surface area contributed by atoms with E-state index in [1.165, 1.54) is 16.7 Å². The highest BCUT2D eigenvalue weighted by Gasteiger charge is 2.34. The second-order valence-corrected chi connectivity index (χ2v) is 8.45. The molecule has 0 unspecified atom stereocenters. The maximum atomic E-state index is 12.5. The van der Waals surface area contributed by atoms with Crippen molar-refractivity contribution in [3.8, 4) is 0 Å². The van der Waals surface area contributed by atoms with E-state index in [4.69, 9.17) is 28.3 Å². The van der Waals surface area contributed by atoms with Gasteiger partial charge in [-0.3, -0.25) is 14.4 Å². The standard InChI is InChI=1S/C17H20Cl2N2O3.C6H13NO2/c1-3-4-7-21-10-12(15(22)17(21)24)16(23)20(2)9-11-5-6-13(18)14(19)8-11;1-3-7(4-5-8)6(2)9/h5-6,8,22H,3-4,7,9-10H2,1-2H3;8H,3-5H2,1-2H3. The van der Waals surface area contributed by atoms with E-state index in [-0.39, 0.29) is 30.5 Å². The van der Waals surface area contributed by atoms with Crippen molar-refractivity contribution < 1.29 is 24.6 Å². The molecular formula is C23H33Cl2N3O5. The van der Waals surface area contributed by atoms with Crippen molar-refractivity contribution in [3.63, 3.8) is 0 Å². The third kappa shape index (κ3) is 8.53. The second-order valence-electron chi connectivity index (χ2n) is 7.64. The van der Waals surface area contributed by atoms with Crippen molar-refractivity contribution >= 4 is 40.9 Å². The normalized spacial score (nSPS) is 13.1. The average molecular weight is 502 g/mol. The Kier molecular flexibility index (Phi) is 12.3. The van der Waals surface area contributed by atoms with Crippen molar-refractivity contribution in [1.82, 2.24) is 14.7 Å². The van der Waals surface area contributed by atoms with Crippen LogP contribution in [0.5, 0.6) is 0 Å². The number of aliphatic hydroxyl groups is 2. The molecule has 8 nitrogen and oxygen atoms in total. The molecule has 2 N–H and O–H groups in total. The third-order valence-electron chi connectivity index (χ3n) is 5.11. The Morgan fingerprint density at radius 1 is 1.18 bits per heavy atom. The lowest BCUT2D eigenvalue weighted by Crippen LogP contribution is -2.31. The van der Waals surface area contributed by atoms with E-state index in [1.54, 1.807) is 30.1 Å². The second kappa shape index (κ2) is 14.1. The van der Waals surface area contributed by atoms with Gasteiger partial charge in [0, 0.05) is 40.2 Å². The van der Waals surface area contributed by atoms with Crippen LogP contribution in [0.3, 0.4) is 0 Å². The summed E-state index contributed by atoms with van der Waals surface area (Å²) in [6.07, 6.45) is 1.77. The Hall–Kier alpha value is -2.29. The molecule has 0 bridgehead atoms. The summed E-state index contributed by atoms with van der Waals surface area (Å²) in [7, 11) is 1.62. The smallest absolute Gasteiger partial charge is 0.289 e. The molecule has 1 heterocycles. The molecule has 1 aromatic rings. The van der Waals surface area contributed by atoms with E-state index in [0.717, 1.165) is 18.4 Å². The minimum Gasteiger partial charge on any atom is -0.503 e. The number of halogens is 2. The highest BCUT2D eigenvalue weighted by atomic mass is 35.5. The molecular weight excluding hydrogens is 469 g/mol. The molecule has 1 aromatic carbocycles. The SMILES string of the molecule is CCCCN1CC(C(=O)N(C)Cc2ccc(Cl)c(Cl)c2)=C(O)C1=O.CCN(CCO)C(C)=O. The Labute approximate surface area is 205 Å². The Morgan fingerprint density at radius 3 is 2.33 bits per heavy atom. The summed E-state index contributed by atoms with van der Waals surface area (Å²) in [5.74, 6) is -1.27. The summed E-state index contributed by atoms with van der Waals surface area (Å²) in [5.41, 5.74) is 0.950. The van der Waals surface area contributed by atoms with Crippen LogP contribution in [0.1, 0.15) is 39.2 Å². The van der Waals surface area contributed by atoms with Gasteiger partial charge in [-0.25, -0.2) is 0 Å². The predicted molar refractivity (Wildman–Crippen MR) is 129 cm³/mol. The number of unbranched alkanes of at least 4 members (excludes halogenated alkanes) is 1. The largest absolute Gasteiger partial charge is 0.503 e. The fourth-order valence-corrected chi connectivity index (χ4v) is 3.51. The van der Waals surface area contributed by atoms with Crippen LogP contribution in [-0.2, 0) is 20.9 Å². The van der Waals surface area contributed by atoms with Gasteiger partial charge in [-0.1, -0.05) is 42.6 Å². The summed E-state index contributed by atoms with van der Waals surface area (Å²) < 4.78 is 0. The van der Waals surface area contributed by atoms with Gasteiger partial charge in [0.25, 0.3) is 11.8 Å². The van der Waals surface area contributed by atoms with Gasteiger partial charge in [0.1, 0.15) is 0 Å². The lowest BCUT2D eigenvalue weighted by atomic mass is 10.2. The number of rotatable bonds is 9. The highest BCUT2D eigenvalue weighted by molar-refractivity contribution is 6.42. The molecule has 10 heteroatoms. The van der Waals surface area contributed by atoms with Gasteiger partial charge >= 0.3 is 0 Å². The fraction of sp³-hybridized carbons (Fsp3) is 0.522. The number of carbonyl (C=O) groups excluding carboxylic acids is 3. The summed E-state index contributed by atoms with van der Waals surface area (Å²) >= 11 is 11.9. The van der Waals surface area contributed by atoms with Gasteiger partial charge in [-0.05, 0) is 31.0 Å². The molecule has 0 fully saturated rings. The maximum Gasteiger partial charge on any atom is 0.289 e. The zero-order chi connectivity index (χ0) is 25.1.